The number of ether oxygens (including phenoxy) is 4. The molecule has 0 aromatic carbocycles. The second kappa shape index (κ2) is 12.4. The number of hydrogen-bond acceptors (Lipinski definition) is 10. The van der Waals surface area contributed by atoms with Crippen LogP contribution in [0.2, 0.25) is 0 Å². The highest BCUT2D eigenvalue weighted by Crippen LogP contribution is 2.63. The number of fused-ring (bicyclic) bond motifs is 4. The average molecular weight is 767 g/mol. The topological polar surface area (TPSA) is 132 Å². The Balaban J connectivity index is 0.987. The van der Waals surface area contributed by atoms with Crippen LogP contribution < -0.4 is 10.6 Å². The summed E-state index contributed by atoms with van der Waals surface area (Å²) in [7, 11) is 0. The number of allylic oxidation sites excluding steroid dienone is 2. The van der Waals surface area contributed by atoms with Gasteiger partial charge in [0.2, 0.25) is 35.7 Å². The van der Waals surface area contributed by atoms with Crippen molar-refractivity contribution in [3.8, 4) is 0 Å². The van der Waals surface area contributed by atoms with E-state index in [0.29, 0.717) is 38.5 Å². The molecule has 18 heteroatoms. The quantitative estimate of drug-likeness (QED) is 0.196. The Morgan fingerprint density at radius 2 is 1.04 bits per heavy atom. The normalized spacial score (nSPS) is 44.6. The molecule has 2 N–H and O–H groups in total. The van der Waals surface area contributed by atoms with Gasteiger partial charge in [-0.2, -0.15) is 26.3 Å². The molecule has 0 radical (unpaired) electrons. The van der Waals surface area contributed by atoms with Crippen LogP contribution in [0.3, 0.4) is 0 Å². The summed E-state index contributed by atoms with van der Waals surface area (Å²) in [5, 5.41) is 5.00. The van der Waals surface area contributed by atoms with E-state index in [2.05, 4.69) is 10.6 Å². The molecular formula is C35H44F6N2O10. The van der Waals surface area contributed by atoms with Crippen molar-refractivity contribution in [2.75, 3.05) is 13.1 Å². The Labute approximate surface area is 301 Å². The lowest BCUT2D eigenvalue weighted by Crippen LogP contribution is -2.68. The summed E-state index contributed by atoms with van der Waals surface area (Å²) in [6, 6.07) is 0. The predicted molar refractivity (Wildman–Crippen MR) is 165 cm³/mol. The fourth-order valence-corrected chi connectivity index (χ4v) is 10.4. The first kappa shape index (κ1) is 37.3. The van der Waals surface area contributed by atoms with E-state index in [1.54, 1.807) is 13.8 Å². The largest absolute Gasteiger partial charge is 0.456 e. The van der Waals surface area contributed by atoms with Crippen molar-refractivity contribution in [2.24, 2.45) is 35.5 Å². The van der Waals surface area contributed by atoms with Crippen LogP contribution in [-0.4, -0.2) is 72.6 Å². The highest BCUT2D eigenvalue weighted by Gasteiger charge is 2.72. The summed E-state index contributed by atoms with van der Waals surface area (Å²) in [5.74, 6) is -10.4. The van der Waals surface area contributed by atoms with Gasteiger partial charge in [-0.05, 0) is 70.6 Å². The third-order valence-electron chi connectivity index (χ3n) is 13.0. The Kier molecular flexibility index (Phi) is 8.75. The number of alkyl halides is 6. The van der Waals surface area contributed by atoms with E-state index in [1.807, 2.05) is 13.8 Å². The molecule has 2 aliphatic carbocycles. The molecule has 2 saturated carbocycles. The minimum absolute atomic E-state index is 0.0220. The van der Waals surface area contributed by atoms with Crippen LogP contribution in [0.1, 0.15) is 85.5 Å². The molecule has 12 nitrogen and oxygen atoms in total. The fraction of sp³-hybridized carbons (Fsp3) is 0.829. The molecule has 53 heavy (non-hydrogen) atoms. The van der Waals surface area contributed by atoms with Crippen LogP contribution in [0, 0.1) is 35.5 Å². The van der Waals surface area contributed by atoms with Crippen LogP contribution in [0.5, 0.6) is 0 Å². The first-order valence-corrected chi connectivity index (χ1v) is 18.4. The summed E-state index contributed by atoms with van der Waals surface area (Å²) < 4.78 is 110. The van der Waals surface area contributed by atoms with Gasteiger partial charge in [0, 0.05) is 49.6 Å². The zero-order chi connectivity index (χ0) is 37.9. The summed E-state index contributed by atoms with van der Waals surface area (Å²) in [5.41, 5.74) is -4.23. The molecule has 10 aliphatic rings. The fourth-order valence-electron chi connectivity index (χ4n) is 10.4. The van der Waals surface area contributed by atoms with E-state index in [-0.39, 0.29) is 56.0 Å². The van der Waals surface area contributed by atoms with Gasteiger partial charge in [0.1, 0.15) is 0 Å². The number of carbonyl (C=O) groups excluding carboxylic acids is 2. The van der Waals surface area contributed by atoms with Crippen molar-refractivity contribution in [3.05, 3.63) is 22.7 Å². The van der Waals surface area contributed by atoms with E-state index >= 15 is 0 Å². The molecular weight excluding hydrogens is 722 g/mol. The Bertz CT molecular complexity index is 1490. The maximum Gasteiger partial charge on any atom is 0.449 e. The van der Waals surface area contributed by atoms with Crippen molar-refractivity contribution in [2.45, 2.75) is 133 Å². The van der Waals surface area contributed by atoms with Crippen molar-refractivity contribution >= 4 is 11.8 Å². The van der Waals surface area contributed by atoms with Crippen molar-refractivity contribution < 1.29 is 74.4 Å². The first-order chi connectivity index (χ1) is 24.8. The molecule has 12 atom stereocenters. The van der Waals surface area contributed by atoms with Crippen molar-refractivity contribution in [1.82, 2.24) is 10.6 Å². The number of rotatable bonds is 6. The molecule has 8 aliphatic heterocycles. The number of amides is 2. The minimum Gasteiger partial charge on any atom is -0.456 e. The van der Waals surface area contributed by atoms with Gasteiger partial charge in [0.25, 0.3) is 11.8 Å². The molecule has 296 valence electrons. The van der Waals surface area contributed by atoms with Crippen LogP contribution >= 0.6 is 0 Å². The van der Waals surface area contributed by atoms with Gasteiger partial charge in [-0.3, -0.25) is 9.59 Å². The van der Waals surface area contributed by atoms with Gasteiger partial charge >= 0.3 is 12.4 Å². The van der Waals surface area contributed by atoms with Crippen molar-refractivity contribution in [1.29, 1.82) is 0 Å². The number of hydrogen-bond donors (Lipinski definition) is 2. The third kappa shape index (κ3) is 5.70. The molecule has 8 heterocycles. The maximum absolute atomic E-state index is 14.5. The highest BCUT2D eigenvalue weighted by molar-refractivity contribution is 5.96. The van der Waals surface area contributed by atoms with Crippen LogP contribution in [-0.2, 0) is 48.1 Å². The molecule has 2 unspecified atom stereocenters. The number of nitrogens with one attached hydrogen (secondary N) is 2. The molecule has 4 bridgehead atoms. The SMILES string of the molecule is C[C@@H]1CC[C@H]2C(C(=O)NCCCNC(=O)C3=C(C(F)(F)F)O[C@@H]4O[C@]5(C)CCC6[C@H](C)CC[C@@H]3[C@]64OO5)=C(C(F)(F)F)O[C@@H]3O[C@@]4(C)CCC1[C@]32OO4. The second-order valence-corrected chi connectivity index (χ2v) is 16.3. The van der Waals surface area contributed by atoms with Gasteiger partial charge in [-0.15, -0.1) is 0 Å². The molecule has 8 fully saturated rings. The van der Waals surface area contributed by atoms with Crippen LogP contribution in [0.25, 0.3) is 0 Å². The van der Waals surface area contributed by atoms with E-state index in [1.165, 1.54) is 0 Å². The second-order valence-electron chi connectivity index (χ2n) is 16.3. The van der Waals surface area contributed by atoms with Gasteiger partial charge in [-0.25, -0.2) is 19.6 Å². The summed E-state index contributed by atoms with van der Waals surface area (Å²) in [4.78, 5) is 50.4. The number of carbonyl (C=O) groups is 2. The highest BCUT2D eigenvalue weighted by atomic mass is 19.4. The van der Waals surface area contributed by atoms with Crippen molar-refractivity contribution in [3.63, 3.8) is 0 Å². The van der Waals surface area contributed by atoms with E-state index in [9.17, 15) is 35.9 Å². The smallest absolute Gasteiger partial charge is 0.449 e. The van der Waals surface area contributed by atoms with Gasteiger partial charge in [0.05, 0.1) is 11.1 Å². The van der Waals surface area contributed by atoms with E-state index < -0.39 is 94.0 Å². The zero-order valence-corrected chi connectivity index (χ0v) is 29.7. The Hall–Kier alpha value is -2.64. The van der Waals surface area contributed by atoms with Gasteiger partial charge in [0.15, 0.2) is 11.2 Å². The molecule has 2 amide bonds. The zero-order valence-electron chi connectivity index (χ0n) is 29.7. The standard InChI is InChI=1S/C35H44F6N2O10/c1-16-6-8-20-22(24(34(36,37)38)46-28-32(20)18(16)10-12-30(3,48-28)50-52-32)26(44)42-14-5-15-43-27(45)23-21-9-7-17(2)19-11-13-31(4)49-29(33(19,21)53-51-31)47-25(23)35(39,40)41/h16-21,28-29H,5-15H2,1-4H3,(H,42,44)(H,43,45)/t16-,17-,18?,19?,20+,21+,28-,29-,30-,31+,32-,33-/m1/s1. The minimum atomic E-state index is -5.04. The Morgan fingerprint density at radius 1 is 0.642 bits per heavy atom. The van der Waals surface area contributed by atoms with Gasteiger partial charge in [-0.1, -0.05) is 13.8 Å². The van der Waals surface area contributed by atoms with E-state index in [0.717, 1.165) is 0 Å². The summed E-state index contributed by atoms with van der Waals surface area (Å²) >= 11 is 0. The first-order valence-electron chi connectivity index (χ1n) is 18.4. The van der Waals surface area contributed by atoms with E-state index in [4.69, 9.17) is 38.5 Å². The molecule has 0 aromatic heterocycles. The lowest BCUT2D eigenvalue weighted by molar-refractivity contribution is -0.557. The van der Waals surface area contributed by atoms with Gasteiger partial charge < -0.3 is 29.6 Å². The lowest BCUT2D eigenvalue weighted by Gasteiger charge is -2.57. The average Bonchev–Trinajstić information content (AvgIpc) is 3.46. The Morgan fingerprint density at radius 3 is 1.42 bits per heavy atom. The lowest BCUT2D eigenvalue weighted by atomic mass is 9.59. The summed E-state index contributed by atoms with van der Waals surface area (Å²) in [6.45, 7) is 6.65. The summed E-state index contributed by atoms with van der Waals surface area (Å²) in [6.07, 6.45) is -9.83. The molecule has 0 aromatic rings. The van der Waals surface area contributed by atoms with Crippen LogP contribution in [0.4, 0.5) is 26.3 Å². The molecule has 2 spiro atoms. The van der Waals surface area contributed by atoms with Crippen LogP contribution in [0.15, 0.2) is 22.7 Å². The predicted octanol–water partition coefficient (Wildman–Crippen LogP) is 5.73. The maximum atomic E-state index is 14.5. The molecule has 6 saturated heterocycles. The monoisotopic (exact) mass is 766 g/mol. The third-order valence-corrected chi connectivity index (χ3v) is 13.0. The molecule has 10 rings (SSSR count). The number of halogens is 6.